The number of para-hydroxylation sites is 1. The molecule has 0 unspecified atom stereocenters. The maximum atomic E-state index is 11.6. The van der Waals surface area contributed by atoms with Crippen LogP contribution in [0.25, 0.3) is 0 Å². The second-order valence-corrected chi connectivity index (χ2v) is 7.23. The third kappa shape index (κ3) is 12.6. The third-order valence-electron chi connectivity index (χ3n) is 3.57. The molecule has 0 amide bonds. The lowest BCUT2D eigenvalue weighted by molar-refractivity contribution is -0.154. The number of hydrogen-bond donors (Lipinski definition) is 2. The van der Waals surface area contributed by atoms with Gasteiger partial charge in [-0.1, -0.05) is 31.0 Å². The van der Waals surface area contributed by atoms with Crippen molar-refractivity contribution in [3.05, 3.63) is 29.8 Å². The van der Waals surface area contributed by atoms with Crippen LogP contribution >= 0.6 is 24.0 Å². The van der Waals surface area contributed by atoms with Gasteiger partial charge in [0.15, 0.2) is 5.96 Å². The minimum Gasteiger partial charge on any atom is -0.460 e. The van der Waals surface area contributed by atoms with Gasteiger partial charge in [-0.05, 0) is 39.7 Å². The lowest BCUT2D eigenvalue weighted by Crippen LogP contribution is -2.23. The first-order chi connectivity index (χ1) is 12.3. The van der Waals surface area contributed by atoms with Crippen molar-refractivity contribution in [3.8, 4) is 0 Å². The number of carbonyl (C=O) groups excluding carboxylic acids is 1. The number of ether oxygens (including phenoxy) is 2. The van der Waals surface area contributed by atoms with E-state index in [4.69, 9.17) is 15.2 Å². The molecule has 0 atom stereocenters. The van der Waals surface area contributed by atoms with Gasteiger partial charge in [-0.3, -0.25) is 9.79 Å². The van der Waals surface area contributed by atoms with Gasteiger partial charge in [-0.25, -0.2) is 0 Å². The molecular formula is C20H34IN3O3. The van der Waals surface area contributed by atoms with Gasteiger partial charge >= 0.3 is 5.97 Å². The SMILES string of the molecule is COCc1ccccc1NC(N)=NCCCCCCC(=O)OC(C)(C)C.I. The van der Waals surface area contributed by atoms with Crippen LogP contribution < -0.4 is 11.1 Å². The first-order valence-electron chi connectivity index (χ1n) is 9.17. The van der Waals surface area contributed by atoms with Crippen LogP contribution in [0.5, 0.6) is 0 Å². The zero-order chi connectivity index (χ0) is 19.4. The average molecular weight is 491 g/mol. The highest BCUT2D eigenvalue weighted by molar-refractivity contribution is 14.0. The molecule has 6 nitrogen and oxygen atoms in total. The number of halogens is 1. The van der Waals surface area contributed by atoms with Crippen molar-refractivity contribution < 1.29 is 14.3 Å². The van der Waals surface area contributed by atoms with Gasteiger partial charge in [0.1, 0.15) is 5.60 Å². The first kappa shape index (κ1) is 25.6. The summed E-state index contributed by atoms with van der Waals surface area (Å²) in [4.78, 5) is 16.0. The largest absolute Gasteiger partial charge is 0.460 e. The Morgan fingerprint density at radius 1 is 1.15 bits per heavy atom. The topological polar surface area (TPSA) is 85.9 Å². The molecule has 0 aliphatic carbocycles. The number of aliphatic imine (C=N–C) groups is 1. The summed E-state index contributed by atoms with van der Waals surface area (Å²) in [6.07, 6.45) is 4.26. The molecule has 1 aromatic carbocycles. The van der Waals surface area contributed by atoms with Gasteiger partial charge in [0, 0.05) is 31.3 Å². The Bertz CT molecular complexity index is 586. The highest BCUT2D eigenvalue weighted by Crippen LogP contribution is 2.15. The fourth-order valence-corrected chi connectivity index (χ4v) is 2.43. The maximum Gasteiger partial charge on any atom is 0.306 e. The Labute approximate surface area is 180 Å². The number of carbonyl (C=O) groups is 1. The third-order valence-corrected chi connectivity index (χ3v) is 3.57. The maximum absolute atomic E-state index is 11.6. The highest BCUT2D eigenvalue weighted by Gasteiger charge is 2.15. The van der Waals surface area contributed by atoms with E-state index in [9.17, 15) is 4.79 Å². The van der Waals surface area contributed by atoms with Gasteiger partial charge in [0.2, 0.25) is 0 Å². The molecule has 0 aliphatic heterocycles. The lowest BCUT2D eigenvalue weighted by atomic mass is 10.1. The van der Waals surface area contributed by atoms with Crippen molar-refractivity contribution in [3.63, 3.8) is 0 Å². The number of unbranched alkanes of at least 4 members (excludes halogenated alkanes) is 3. The molecule has 1 aromatic rings. The molecule has 0 fully saturated rings. The van der Waals surface area contributed by atoms with E-state index in [1.165, 1.54) is 0 Å². The Hall–Kier alpha value is -1.35. The van der Waals surface area contributed by atoms with Crippen LogP contribution in [-0.2, 0) is 20.9 Å². The van der Waals surface area contributed by atoms with E-state index in [0.717, 1.165) is 36.9 Å². The minimum atomic E-state index is -0.405. The van der Waals surface area contributed by atoms with Crippen molar-refractivity contribution in [2.24, 2.45) is 10.7 Å². The molecule has 3 N–H and O–H groups in total. The van der Waals surface area contributed by atoms with Gasteiger partial charge in [0.05, 0.1) is 6.61 Å². The second kappa shape index (κ2) is 13.8. The molecular weight excluding hydrogens is 457 g/mol. The molecule has 0 aliphatic rings. The molecule has 0 saturated carbocycles. The van der Waals surface area contributed by atoms with E-state index in [1.807, 2.05) is 45.0 Å². The van der Waals surface area contributed by atoms with Gasteiger partial charge in [0.25, 0.3) is 0 Å². The van der Waals surface area contributed by atoms with Crippen molar-refractivity contribution in [2.45, 2.75) is 65.1 Å². The number of rotatable bonds is 10. The van der Waals surface area contributed by atoms with E-state index in [1.54, 1.807) is 7.11 Å². The number of nitrogens with one attached hydrogen (secondary N) is 1. The summed E-state index contributed by atoms with van der Waals surface area (Å²) in [6.45, 7) is 6.84. The van der Waals surface area contributed by atoms with Crippen LogP contribution in [0.15, 0.2) is 29.3 Å². The van der Waals surface area contributed by atoms with Crippen molar-refractivity contribution in [1.82, 2.24) is 0 Å². The first-order valence-corrected chi connectivity index (χ1v) is 9.17. The normalized spacial score (nSPS) is 11.6. The predicted molar refractivity (Wildman–Crippen MR) is 122 cm³/mol. The second-order valence-electron chi connectivity index (χ2n) is 7.23. The van der Waals surface area contributed by atoms with Crippen molar-refractivity contribution >= 4 is 41.6 Å². The van der Waals surface area contributed by atoms with E-state index < -0.39 is 5.60 Å². The van der Waals surface area contributed by atoms with Crippen LogP contribution in [0.3, 0.4) is 0 Å². The number of nitrogens with zero attached hydrogens (tertiary/aromatic N) is 1. The summed E-state index contributed by atoms with van der Waals surface area (Å²) >= 11 is 0. The molecule has 0 radical (unpaired) electrons. The number of nitrogens with two attached hydrogens (primary N) is 1. The zero-order valence-electron chi connectivity index (χ0n) is 16.9. The van der Waals surface area contributed by atoms with Crippen molar-refractivity contribution in [2.75, 3.05) is 19.0 Å². The van der Waals surface area contributed by atoms with Gasteiger partial charge in [-0.2, -0.15) is 0 Å². The summed E-state index contributed by atoms with van der Waals surface area (Å²) in [6, 6.07) is 7.85. The molecule has 0 bridgehead atoms. The molecule has 0 heterocycles. The van der Waals surface area contributed by atoms with Crippen LogP contribution in [0.2, 0.25) is 0 Å². The number of benzene rings is 1. The summed E-state index contributed by atoms with van der Waals surface area (Å²) in [7, 11) is 1.66. The number of methoxy groups -OCH3 is 1. The molecule has 154 valence electrons. The zero-order valence-corrected chi connectivity index (χ0v) is 19.2. The Morgan fingerprint density at radius 3 is 2.48 bits per heavy atom. The van der Waals surface area contributed by atoms with Gasteiger partial charge < -0.3 is 20.5 Å². The number of hydrogen-bond acceptors (Lipinski definition) is 4. The fraction of sp³-hybridized carbons (Fsp3) is 0.600. The van der Waals surface area contributed by atoms with E-state index in [0.29, 0.717) is 25.5 Å². The number of guanidine groups is 1. The minimum absolute atomic E-state index is 0. The van der Waals surface area contributed by atoms with Crippen LogP contribution in [0, 0.1) is 0 Å². The van der Waals surface area contributed by atoms with E-state index in [-0.39, 0.29) is 29.9 Å². The molecule has 0 aromatic heterocycles. The fourth-order valence-electron chi connectivity index (χ4n) is 2.43. The summed E-state index contributed by atoms with van der Waals surface area (Å²) in [5.74, 6) is 0.279. The lowest BCUT2D eigenvalue weighted by Gasteiger charge is -2.19. The molecule has 0 spiro atoms. The standard InChI is InChI=1S/C20H33N3O3.HI/c1-20(2,3)26-18(24)13-7-5-6-10-14-22-19(21)23-17-12-9-8-11-16(17)15-25-4;/h8-9,11-12H,5-7,10,13-15H2,1-4H3,(H3,21,22,23);1H. The summed E-state index contributed by atoms with van der Waals surface area (Å²) < 4.78 is 10.5. The average Bonchev–Trinajstić information content (AvgIpc) is 2.54. The molecule has 27 heavy (non-hydrogen) atoms. The van der Waals surface area contributed by atoms with E-state index in [2.05, 4.69) is 10.3 Å². The Kier molecular flexibility index (Phi) is 13.1. The molecule has 1 rings (SSSR count). The number of anilines is 1. The summed E-state index contributed by atoms with van der Waals surface area (Å²) in [5, 5.41) is 3.12. The number of esters is 1. The van der Waals surface area contributed by atoms with Crippen molar-refractivity contribution in [1.29, 1.82) is 0 Å². The smallest absolute Gasteiger partial charge is 0.306 e. The van der Waals surface area contributed by atoms with Gasteiger partial charge in [-0.15, -0.1) is 24.0 Å². The summed E-state index contributed by atoms with van der Waals surface area (Å²) in [5.41, 5.74) is 7.49. The predicted octanol–water partition coefficient (Wildman–Crippen LogP) is 4.47. The van der Waals surface area contributed by atoms with E-state index >= 15 is 0 Å². The monoisotopic (exact) mass is 491 g/mol. The van der Waals surface area contributed by atoms with Crippen LogP contribution in [0.4, 0.5) is 5.69 Å². The quantitative estimate of drug-likeness (QED) is 0.166. The highest BCUT2D eigenvalue weighted by atomic mass is 127. The molecule has 7 heteroatoms. The Morgan fingerprint density at radius 2 is 1.81 bits per heavy atom. The van der Waals surface area contributed by atoms with Crippen LogP contribution in [0.1, 0.15) is 58.4 Å². The Balaban J connectivity index is 0.00000676. The molecule has 0 saturated heterocycles. The van der Waals surface area contributed by atoms with Crippen LogP contribution in [-0.4, -0.2) is 31.2 Å².